The van der Waals surface area contributed by atoms with E-state index in [0.29, 0.717) is 6.54 Å². The molecule has 2 aromatic carbocycles. The number of hydrogen-bond acceptors (Lipinski definition) is 4. The molecule has 0 saturated heterocycles. The number of methoxy groups -OCH3 is 1. The fraction of sp³-hybridized carbons (Fsp3) is 0.263. The molecule has 0 atom stereocenters. The highest BCUT2D eigenvalue weighted by molar-refractivity contribution is 6.30. The lowest BCUT2D eigenvalue weighted by atomic mass is 10.2. The number of ether oxygens (including phenoxy) is 2. The Bertz CT molecular complexity index is 754. The number of carbonyl (C=O) groups is 2. The van der Waals surface area contributed by atoms with Gasteiger partial charge in [0.25, 0.3) is 5.91 Å². The fourth-order valence-corrected chi connectivity index (χ4v) is 2.40. The molecule has 0 aliphatic carbocycles. The Kier molecular flexibility index (Phi) is 7.41. The molecule has 26 heavy (non-hydrogen) atoms. The Balaban J connectivity index is 2.00. The zero-order chi connectivity index (χ0) is 18.9. The lowest BCUT2D eigenvalue weighted by Gasteiger charge is -2.22. The molecule has 1 amide bonds. The minimum absolute atomic E-state index is 0.0808. The molecule has 138 valence electrons. The summed E-state index contributed by atoms with van der Waals surface area (Å²) in [6.45, 7) is 0.286. The highest BCUT2D eigenvalue weighted by atomic mass is 35.5. The normalized spacial score (nSPS) is 10.3. The molecule has 0 radical (unpaired) electrons. The van der Waals surface area contributed by atoms with Gasteiger partial charge in [-0.1, -0.05) is 41.9 Å². The molecule has 0 N–H and O–H groups in total. The van der Waals surface area contributed by atoms with Crippen molar-refractivity contribution in [3.05, 3.63) is 64.9 Å². The van der Waals surface area contributed by atoms with Crippen LogP contribution in [-0.2, 0) is 20.9 Å². The number of benzene rings is 2. The first-order valence-electron chi connectivity index (χ1n) is 7.96. The van der Waals surface area contributed by atoms with E-state index in [4.69, 9.17) is 16.3 Å². The molecule has 0 aliphatic rings. The van der Waals surface area contributed by atoms with E-state index in [1.165, 1.54) is 30.2 Å². The second kappa shape index (κ2) is 9.77. The molecule has 2 aromatic rings. The average molecular weight is 380 g/mol. The van der Waals surface area contributed by atoms with Crippen LogP contribution in [0.25, 0.3) is 0 Å². The molecule has 2 rings (SSSR count). The minimum atomic E-state index is -0.561. The van der Waals surface area contributed by atoms with Crippen LogP contribution in [0, 0.1) is 5.82 Å². The average Bonchev–Trinajstić information content (AvgIpc) is 2.66. The largest absolute Gasteiger partial charge is 0.484 e. The van der Waals surface area contributed by atoms with Crippen molar-refractivity contribution in [2.45, 2.75) is 13.0 Å². The van der Waals surface area contributed by atoms with Gasteiger partial charge in [-0.15, -0.1) is 0 Å². The molecule has 0 fully saturated rings. The fourth-order valence-electron chi connectivity index (χ4n) is 2.23. The monoisotopic (exact) mass is 379 g/mol. The van der Waals surface area contributed by atoms with Crippen molar-refractivity contribution >= 4 is 23.5 Å². The molecule has 0 aromatic heterocycles. The number of carbonyl (C=O) groups excluding carboxylic acids is 2. The third kappa shape index (κ3) is 6.04. The summed E-state index contributed by atoms with van der Waals surface area (Å²) >= 11 is 5.70. The SMILES string of the molecule is COC(=O)CCN(Cc1ccccc1)C(=O)COc1ccc(F)c(Cl)c1. The predicted octanol–water partition coefficient (Wildman–Crippen LogP) is 3.45. The lowest BCUT2D eigenvalue weighted by Crippen LogP contribution is -2.36. The quantitative estimate of drug-likeness (QED) is 0.659. The van der Waals surface area contributed by atoms with Crippen molar-refractivity contribution in [2.75, 3.05) is 20.3 Å². The van der Waals surface area contributed by atoms with Crippen LogP contribution < -0.4 is 4.74 Å². The minimum Gasteiger partial charge on any atom is -0.484 e. The molecule has 0 bridgehead atoms. The van der Waals surface area contributed by atoms with Crippen LogP contribution in [0.5, 0.6) is 5.75 Å². The summed E-state index contributed by atoms with van der Waals surface area (Å²) in [5, 5.41) is -0.0817. The van der Waals surface area contributed by atoms with Crippen LogP contribution in [0.15, 0.2) is 48.5 Å². The molecule has 7 heteroatoms. The van der Waals surface area contributed by atoms with Crippen LogP contribution >= 0.6 is 11.6 Å². The van der Waals surface area contributed by atoms with Crippen LogP contribution in [0.2, 0.25) is 5.02 Å². The molecule has 0 saturated carbocycles. The first kappa shape index (κ1) is 19.7. The maximum atomic E-state index is 13.2. The van der Waals surface area contributed by atoms with E-state index in [9.17, 15) is 14.0 Å². The van der Waals surface area contributed by atoms with Crippen molar-refractivity contribution in [3.8, 4) is 5.75 Å². The van der Waals surface area contributed by atoms with E-state index in [1.54, 1.807) is 0 Å². The summed E-state index contributed by atoms with van der Waals surface area (Å²) in [5.74, 6) is -0.980. The van der Waals surface area contributed by atoms with Crippen LogP contribution in [0.1, 0.15) is 12.0 Å². The highest BCUT2D eigenvalue weighted by Gasteiger charge is 2.17. The molecular weight excluding hydrogens is 361 g/mol. The van der Waals surface area contributed by atoms with Crippen LogP contribution in [0.4, 0.5) is 4.39 Å². The van der Waals surface area contributed by atoms with Crippen LogP contribution in [-0.4, -0.2) is 37.0 Å². The molecule has 5 nitrogen and oxygen atoms in total. The van der Waals surface area contributed by atoms with E-state index in [-0.39, 0.29) is 36.3 Å². The molecule has 0 spiro atoms. The third-order valence-corrected chi connectivity index (χ3v) is 3.93. The Morgan fingerprint density at radius 2 is 1.88 bits per heavy atom. The smallest absolute Gasteiger partial charge is 0.307 e. The van der Waals surface area contributed by atoms with E-state index in [1.807, 2.05) is 30.3 Å². The standard InChI is InChI=1S/C19H19ClFNO4/c1-25-19(24)9-10-22(12-14-5-3-2-4-6-14)18(23)13-26-15-7-8-17(21)16(20)11-15/h2-8,11H,9-10,12-13H2,1H3. The summed E-state index contributed by atoms with van der Waals surface area (Å²) in [6, 6.07) is 13.3. The number of esters is 1. The van der Waals surface area contributed by atoms with E-state index >= 15 is 0 Å². The third-order valence-electron chi connectivity index (χ3n) is 3.64. The van der Waals surface area contributed by atoms with Gasteiger partial charge in [-0.25, -0.2) is 4.39 Å². The van der Waals surface area contributed by atoms with Crippen molar-refractivity contribution in [3.63, 3.8) is 0 Å². The first-order chi connectivity index (χ1) is 12.5. The summed E-state index contributed by atoms with van der Waals surface area (Å²) in [4.78, 5) is 25.4. The van der Waals surface area contributed by atoms with Gasteiger partial charge in [0.15, 0.2) is 6.61 Å². The Labute approximate surface area is 156 Å². The van der Waals surface area contributed by atoms with Gasteiger partial charge in [0, 0.05) is 19.2 Å². The second-order valence-corrected chi connectivity index (χ2v) is 5.90. The Morgan fingerprint density at radius 1 is 1.15 bits per heavy atom. The van der Waals surface area contributed by atoms with Gasteiger partial charge in [0.05, 0.1) is 18.6 Å². The van der Waals surface area contributed by atoms with Gasteiger partial charge in [-0.3, -0.25) is 9.59 Å². The summed E-state index contributed by atoms with van der Waals surface area (Å²) in [5.41, 5.74) is 0.926. The van der Waals surface area contributed by atoms with Gasteiger partial charge < -0.3 is 14.4 Å². The van der Waals surface area contributed by atoms with Crippen molar-refractivity contribution < 1.29 is 23.5 Å². The number of hydrogen-bond donors (Lipinski definition) is 0. The van der Waals surface area contributed by atoms with Gasteiger partial charge in [0.1, 0.15) is 11.6 Å². The van der Waals surface area contributed by atoms with Gasteiger partial charge in [-0.2, -0.15) is 0 Å². The number of rotatable bonds is 8. The van der Waals surface area contributed by atoms with Gasteiger partial charge >= 0.3 is 5.97 Å². The van der Waals surface area contributed by atoms with Crippen molar-refractivity contribution in [1.82, 2.24) is 4.90 Å². The maximum Gasteiger partial charge on any atom is 0.307 e. The van der Waals surface area contributed by atoms with Crippen molar-refractivity contribution in [2.24, 2.45) is 0 Å². The van der Waals surface area contributed by atoms with Gasteiger partial charge in [0.2, 0.25) is 0 Å². The summed E-state index contributed by atoms with van der Waals surface area (Å²) < 4.78 is 23.2. The molecule has 0 heterocycles. The van der Waals surface area contributed by atoms with Crippen LogP contribution in [0.3, 0.4) is 0 Å². The summed E-state index contributed by atoms with van der Waals surface area (Å²) in [7, 11) is 1.30. The number of halogens is 2. The van der Waals surface area contributed by atoms with Gasteiger partial charge in [-0.05, 0) is 17.7 Å². The Hall–Kier alpha value is -2.60. The number of nitrogens with zero attached hydrogens (tertiary/aromatic N) is 1. The molecule has 0 aliphatic heterocycles. The number of amides is 1. The first-order valence-corrected chi connectivity index (χ1v) is 8.33. The lowest BCUT2D eigenvalue weighted by molar-refractivity contribution is -0.142. The highest BCUT2D eigenvalue weighted by Crippen LogP contribution is 2.21. The predicted molar refractivity (Wildman–Crippen MR) is 95.4 cm³/mol. The zero-order valence-electron chi connectivity index (χ0n) is 14.3. The maximum absolute atomic E-state index is 13.2. The second-order valence-electron chi connectivity index (χ2n) is 5.49. The topological polar surface area (TPSA) is 55.8 Å². The van der Waals surface area contributed by atoms with E-state index < -0.39 is 11.8 Å². The van der Waals surface area contributed by atoms with E-state index in [0.717, 1.165) is 5.56 Å². The molecule has 0 unspecified atom stereocenters. The summed E-state index contributed by atoms with van der Waals surface area (Å²) in [6.07, 6.45) is 0.0808. The van der Waals surface area contributed by atoms with Crippen molar-refractivity contribution in [1.29, 1.82) is 0 Å². The molecular formula is C19H19ClFNO4. The Morgan fingerprint density at radius 3 is 2.54 bits per heavy atom. The zero-order valence-corrected chi connectivity index (χ0v) is 15.0. The van der Waals surface area contributed by atoms with E-state index in [2.05, 4.69) is 4.74 Å².